The van der Waals surface area contributed by atoms with E-state index in [-0.39, 0.29) is 6.42 Å². The second kappa shape index (κ2) is 4.79. The number of nitrogens with one attached hydrogen (secondary N) is 2. The zero-order chi connectivity index (χ0) is 12.3. The Morgan fingerprint density at radius 1 is 1.47 bits per heavy atom. The van der Waals surface area contributed by atoms with Crippen molar-refractivity contribution in [2.75, 3.05) is 0 Å². The van der Waals surface area contributed by atoms with E-state index < -0.39 is 12.0 Å². The summed E-state index contributed by atoms with van der Waals surface area (Å²) >= 11 is 0. The maximum absolute atomic E-state index is 10.6. The fourth-order valence-electron chi connectivity index (χ4n) is 1.49. The number of carboxylic acids is 1. The summed E-state index contributed by atoms with van der Waals surface area (Å²) in [5.41, 5.74) is 7.09. The van der Waals surface area contributed by atoms with Gasteiger partial charge in [-0.05, 0) is 0 Å². The van der Waals surface area contributed by atoms with Gasteiger partial charge >= 0.3 is 5.97 Å². The van der Waals surface area contributed by atoms with Crippen LogP contribution < -0.4 is 5.73 Å². The zero-order valence-corrected chi connectivity index (χ0v) is 9.05. The number of carboxylic acid groups (broad SMARTS) is 1. The van der Waals surface area contributed by atoms with Crippen LogP contribution in [0.25, 0.3) is 0 Å². The topological polar surface area (TPSA) is 121 Å². The highest BCUT2D eigenvalue weighted by Crippen LogP contribution is 2.05. The number of nitrogens with two attached hydrogens (primary N) is 1. The molecule has 0 amide bonds. The van der Waals surface area contributed by atoms with Crippen molar-refractivity contribution >= 4 is 5.97 Å². The number of H-pyrrole nitrogens is 2. The van der Waals surface area contributed by atoms with E-state index in [0.717, 1.165) is 17.2 Å². The summed E-state index contributed by atoms with van der Waals surface area (Å²) in [7, 11) is 0. The van der Waals surface area contributed by atoms with Crippen molar-refractivity contribution in [1.82, 2.24) is 19.9 Å². The van der Waals surface area contributed by atoms with Crippen molar-refractivity contribution in [3.63, 3.8) is 0 Å². The highest BCUT2D eigenvalue weighted by molar-refractivity contribution is 5.73. The minimum absolute atomic E-state index is 0.241. The Morgan fingerprint density at radius 2 is 2.29 bits per heavy atom. The molecule has 0 aliphatic rings. The van der Waals surface area contributed by atoms with Gasteiger partial charge in [0.25, 0.3) is 0 Å². The first-order valence-corrected chi connectivity index (χ1v) is 5.13. The average Bonchev–Trinajstić information content (AvgIpc) is 2.91. The van der Waals surface area contributed by atoms with Gasteiger partial charge in [0.2, 0.25) is 0 Å². The van der Waals surface area contributed by atoms with Crippen molar-refractivity contribution in [3.05, 3.63) is 35.9 Å². The van der Waals surface area contributed by atoms with Gasteiger partial charge in [-0.25, -0.2) is 9.97 Å². The minimum Gasteiger partial charge on any atom is -0.480 e. The van der Waals surface area contributed by atoms with Crippen molar-refractivity contribution in [1.29, 1.82) is 0 Å². The van der Waals surface area contributed by atoms with Gasteiger partial charge in [0, 0.05) is 36.6 Å². The lowest BCUT2D eigenvalue weighted by Crippen LogP contribution is -2.32. The molecular formula is C10H13N5O2. The van der Waals surface area contributed by atoms with Gasteiger partial charge in [0.1, 0.15) is 11.9 Å². The van der Waals surface area contributed by atoms with Crippen LogP contribution in [0.3, 0.4) is 0 Å². The van der Waals surface area contributed by atoms with Gasteiger partial charge in [-0.3, -0.25) is 4.79 Å². The second-order valence-corrected chi connectivity index (χ2v) is 3.76. The van der Waals surface area contributed by atoms with Gasteiger partial charge in [0.05, 0.1) is 6.33 Å². The predicted molar refractivity (Wildman–Crippen MR) is 59.3 cm³/mol. The van der Waals surface area contributed by atoms with Crippen LogP contribution >= 0.6 is 0 Å². The Balaban J connectivity index is 1.98. The third kappa shape index (κ3) is 2.91. The van der Waals surface area contributed by atoms with Crippen molar-refractivity contribution in [3.8, 4) is 0 Å². The normalized spacial score (nSPS) is 12.5. The molecule has 90 valence electrons. The van der Waals surface area contributed by atoms with Crippen LogP contribution in [-0.2, 0) is 17.6 Å². The lowest BCUT2D eigenvalue weighted by molar-refractivity contribution is -0.138. The van der Waals surface area contributed by atoms with Crippen molar-refractivity contribution in [2.45, 2.75) is 18.9 Å². The molecule has 0 fully saturated rings. The van der Waals surface area contributed by atoms with Gasteiger partial charge in [-0.1, -0.05) is 0 Å². The maximum Gasteiger partial charge on any atom is 0.320 e. The summed E-state index contributed by atoms with van der Waals surface area (Å²) in [6.45, 7) is 0. The lowest BCUT2D eigenvalue weighted by atomic mass is 10.2. The van der Waals surface area contributed by atoms with E-state index in [1.165, 1.54) is 0 Å². The number of rotatable bonds is 5. The average molecular weight is 235 g/mol. The standard InChI is InChI=1S/C10H13N5O2/c11-8(10(16)17)1-7-4-13-9(15-7)2-6-3-12-5-14-6/h3-5,8H,1-2,11H2,(H,12,14)(H,13,15)(H,16,17). The maximum atomic E-state index is 10.6. The predicted octanol–water partition coefficient (Wildman–Crippen LogP) is -0.322. The number of aromatic amines is 2. The quantitative estimate of drug-likeness (QED) is 0.566. The first-order valence-electron chi connectivity index (χ1n) is 5.13. The highest BCUT2D eigenvalue weighted by atomic mass is 16.4. The fourth-order valence-corrected chi connectivity index (χ4v) is 1.49. The molecule has 0 aromatic carbocycles. The molecule has 2 heterocycles. The molecule has 2 aromatic heterocycles. The molecule has 7 heteroatoms. The number of aromatic nitrogens is 4. The van der Waals surface area contributed by atoms with E-state index in [9.17, 15) is 4.79 Å². The number of aliphatic carboxylic acids is 1. The number of hydrogen-bond acceptors (Lipinski definition) is 4. The highest BCUT2D eigenvalue weighted by Gasteiger charge is 2.13. The van der Waals surface area contributed by atoms with E-state index in [0.29, 0.717) is 6.42 Å². The molecule has 5 N–H and O–H groups in total. The summed E-state index contributed by atoms with van der Waals surface area (Å²) < 4.78 is 0. The molecule has 0 saturated carbocycles. The van der Waals surface area contributed by atoms with E-state index in [2.05, 4.69) is 19.9 Å². The molecule has 2 aromatic rings. The van der Waals surface area contributed by atoms with Crippen LogP contribution in [0.5, 0.6) is 0 Å². The Morgan fingerprint density at radius 3 is 2.94 bits per heavy atom. The molecular weight excluding hydrogens is 222 g/mol. The van der Waals surface area contributed by atoms with E-state index in [1.54, 1.807) is 18.7 Å². The van der Waals surface area contributed by atoms with Crippen LogP contribution in [0.1, 0.15) is 17.2 Å². The zero-order valence-electron chi connectivity index (χ0n) is 9.05. The van der Waals surface area contributed by atoms with Crippen molar-refractivity contribution in [2.24, 2.45) is 5.73 Å². The molecule has 7 nitrogen and oxygen atoms in total. The molecule has 0 bridgehead atoms. The Hall–Kier alpha value is -2.15. The summed E-state index contributed by atoms with van der Waals surface area (Å²) in [5.74, 6) is -0.267. The van der Waals surface area contributed by atoms with Crippen LogP contribution in [0.2, 0.25) is 0 Å². The van der Waals surface area contributed by atoms with Gasteiger partial charge in [0.15, 0.2) is 0 Å². The van der Waals surface area contributed by atoms with E-state index in [1.807, 2.05) is 0 Å². The van der Waals surface area contributed by atoms with Gasteiger partial charge in [-0.15, -0.1) is 0 Å². The van der Waals surface area contributed by atoms with Gasteiger partial charge < -0.3 is 20.8 Å². The molecule has 17 heavy (non-hydrogen) atoms. The molecule has 0 spiro atoms. The number of hydrogen-bond donors (Lipinski definition) is 4. The molecule has 1 unspecified atom stereocenters. The summed E-state index contributed by atoms with van der Waals surface area (Å²) in [6.07, 6.45) is 5.76. The number of imidazole rings is 2. The smallest absolute Gasteiger partial charge is 0.320 e. The summed E-state index contributed by atoms with van der Waals surface area (Å²) in [4.78, 5) is 24.6. The molecule has 0 radical (unpaired) electrons. The van der Waals surface area contributed by atoms with Crippen molar-refractivity contribution < 1.29 is 9.90 Å². The fraction of sp³-hybridized carbons (Fsp3) is 0.300. The van der Waals surface area contributed by atoms with E-state index >= 15 is 0 Å². The molecule has 0 aliphatic heterocycles. The monoisotopic (exact) mass is 235 g/mol. The number of nitrogens with zero attached hydrogens (tertiary/aromatic N) is 2. The Labute approximate surface area is 97.1 Å². The third-order valence-electron chi connectivity index (χ3n) is 2.35. The molecule has 2 rings (SSSR count). The first-order chi connectivity index (χ1) is 8.15. The van der Waals surface area contributed by atoms with Gasteiger partial charge in [-0.2, -0.15) is 0 Å². The lowest BCUT2D eigenvalue weighted by Gasteiger charge is -2.02. The SMILES string of the molecule is NC(Cc1cnc(Cc2cnc[nH]2)[nH]1)C(=O)O. The number of carbonyl (C=O) groups is 1. The van der Waals surface area contributed by atoms with E-state index in [4.69, 9.17) is 10.8 Å². The first kappa shape index (κ1) is 11.3. The largest absolute Gasteiger partial charge is 0.480 e. The summed E-state index contributed by atoms with van der Waals surface area (Å²) in [6, 6.07) is -0.907. The molecule has 0 saturated heterocycles. The van der Waals surface area contributed by atoms with Crippen LogP contribution in [0, 0.1) is 0 Å². The molecule has 0 aliphatic carbocycles. The van der Waals surface area contributed by atoms with Crippen LogP contribution in [0.4, 0.5) is 0 Å². The van der Waals surface area contributed by atoms with Crippen LogP contribution in [-0.4, -0.2) is 37.1 Å². The molecule has 1 atom stereocenters. The summed E-state index contributed by atoms with van der Waals surface area (Å²) in [5, 5.41) is 8.68. The van der Waals surface area contributed by atoms with Crippen LogP contribution in [0.15, 0.2) is 18.7 Å². The minimum atomic E-state index is -1.02. The third-order valence-corrected chi connectivity index (χ3v) is 2.35. The Bertz CT molecular complexity index is 491. The Kier molecular flexibility index (Phi) is 3.20. The second-order valence-electron chi connectivity index (χ2n) is 3.76.